The van der Waals surface area contributed by atoms with Crippen LogP contribution in [0.2, 0.25) is 0 Å². The normalized spacial score (nSPS) is 19.2. The summed E-state index contributed by atoms with van der Waals surface area (Å²) in [6.07, 6.45) is 4.74. The monoisotopic (exact) mass is 393 g/mol. The van der Waals surface area contributed by atoms with Gasteiger partial charge < -0.3 is 19.7 Å². The Morgan fingerprint density at radius 3 is 2.48 bits per heavy atom. The van der Waals surface area contributed by atoms with Gasteiger partial charge in [-0.2, -0.15) is 0 Å². The lowest BCUT2D eigenvalue weighted by Crippen LogP contribution is -2.54. The van der Waals surface area contributed by atoms with E-state index in [4.69, 9.17) is 4.84 Å². The minimum absolute atomic E-state index is 0. The molecule has 1 amide bonds. The molecule has 1 aliphatic rings. The molecular formula is C20H28ClN3O3. The number of likely N-dealkylation sites (N-methyl/N-ethyl adjacent to an activating group) is 2. The van der Waals surface area contributed by atoms with Gasteiger partial charge in [-0.25, -0.2) is 0 Å². The smallest absolute Gasteiger partial charge is 0.255 e. The van der Waals surface area contributed by atoms with Crippen molar-refractivity contribution in [2.75, 3.05) is 20.1 Å². The first-order valence-corrected chi connectivity index (χ1v) is 8.79. The van der Waals surface area contributed by atoms with Crippen LogP contribution < -0.4 is 0 Å². The highest BCUT2D eigenvalue weighted by Gasteiger charge is 2.42. The fourth-order valence-electron chi connectivity index (χ4n) is 2.75. The molecule has 0 spiro atoms. The summed E-state index contributed by atoms with van der Waals surface area (Å²) in [7, 11) is 1.72. The number of hydrogen-bond acceptors (Lipinski definition) is 5. The predicted octanol–water partition coefficient (Wildman–Crippen LogP) is 2.94. The summed E-state index contributed by atoms with van der Waals surface area (Å²) in [6.45, 7) is 7.10. The van der Waals surface area contributed by atoms with E-state index in [1.54, 1.807) is 22.9 Å². The van der Waals surface area contributed by atoms with Crippen LogP contribution in [0.25, 0.3) is 0 Å². The van der Waals surface area contributed by atoms with Crippen LogP contribution in [-0.4, -0.2) is 52.9 Å². The van der Waals surface area contributed by atoms with E-state index in [0.717, 1.165) is 11.3 Å². The van der Waals surface area contributed by atoms with Gasteiger partial charge in [-0.05, 0) is 38.5 Å². The van der Waals surface area contributed by atoms with Crippen LogP contribution >= 0.6 is 12.4 Å². The van der Waals surface area contributed by atoms with E-state index in [9.17, 15) is 9.90 Å². The first-order valence-electron chi connectivity index (χ1n) is 8.79. The number of amides is 1. The number of nitrogens with zero attached hydrogens (tertiary/aromatic N) is 3. The minimum atomic E-state index is -1.66. The Bertz CT molecular complexity index is 714. The van der Waals surface area contributed by atoms with Gasteiger partial charge in [-0.15, -0.1) is 12.4 Å². The van der Waals surface area contributed by atoms with Crippen molar-refractivity contribution in [3.8, 4) is 0 Å². The maximum absolute atomic E-state index is 12.8. The van der Waals surface area contributed by atoms with Crippen LogP contribution in [0.15, 0.2) is 58.9 Å². The van der Waals surface area contributed by atoms with Gasteiger partial charge in [0.2, 0.25) is 5.72 Å². The molecule has 7 heteroatoms. The summed E-state index contributed by atoms with van der Waals surface area (Å²) < 4.78 is 0. The highest BCUT2D eigenvalue weighted by atomic mass is 35.5. The van der Waals surface area contributed by atoms with Crippen LogP contribution in [0.1, 0.15) is 26.3 Å². The van der Waals surface area contributed by atoms with Crippen molar-refractivity contribution in [2.45, 2.75) is 33.1 Å². The summed E-state index contributed by atoms with van der Waals surface area (Å²) in [6, 6.07) is 9.63. The quantitative estimate of drug-likeness (QED) is 0.571. The molecule has 1 aromatic rings. The van der Waals surface area contributed by atoms with Gasteiger partial charge in [0.05, 0.1) is 5.57 Å². The van der Waals surface area contributed by atoms with E-state index >= 15 is 0 Å². The fraction of sp³-hybridized carbons (Fsp3) is 0.400. The molecular weight excluding hydrogens is 366 g/mol. The lowest BCUT2D eigenvalue weighted by atomic mass is 9.96. The molecule has 148 valence electrons. The summed E-state index contributed by atoms with van der Waals surface area (Å²) in [4.78, 5) is 21.4. The van der Waals surface area contributed by atoms with Crippen LogP contribution in [0.4, 0.5) is 0 Å². The molecule has 1 N–H and O–H groups in total. The maximum Gasteiger partial charge on any atom is 0.255 e. The predicted molar refractivity (Wildman–Crippen MR) is 109 cm³/mol. The fourth-order valence-corrected chi connectivity index (χ4v) is 2.75. The first-order chi connectivity index (χ1) is 12.4. The van der Waals surface area contributed by atoms with E-state index < -0.39 is 5.72 Å². The molecule has 6 nitrogen and oxygen atoms in total. The minimum Gasteiger partial charge on any atom is -0.391 e. The van der Waals surface area contributed by atoms with E-state index in [2.05, 4.69) is 5.16 Å². The number of rotatable bonds is 7. The summed E-state index contributed by atoms with van der Waals surface area (Å²) in [5, 5.41) is 15.2. The molecule has 1 atom stereocenters. The van der Waals surface area contributed by atoms with Gasteiger partial charge in [0, 0.05) is 25.8 Å². The van der Waals surface area contributed by atoms with E-state index in [1.165, 1.54) is 6.21 Å². The Morgan fingerprint density at radius 2 is 1.89 bits per heavy atom. The van der Waals surface area contributed by atoms with Gasteiger partial charge in [0.1, 0.15) is 12.8 Å². The molecule has 1 aliphatic heterocycles. The third kappa shape index (κ3) is 5.11. The second kappa shape index (κ2) is 10.1. The Kier molecular flexibility index (Phi) is 8.53. The largest absolute Gasteiger partial charge is 0.391 e. The molecule has 0 fully saturated rings. The second-order valence-corrected chi connectivity index (χ2v) is 6.14. The zero-order valence-electron chi connectivity index (χ0n) is 16.3. The van der Waals surface area contributed by atoms with Gasteiger partial charge in [0.25, 0.3) is 5.91 Å². The number of halogens is 1. The zero-order chi connectivity index (χ0) is 19.2. The Morgan fingerprint density at radius 1 is 1.26 bits per heavy atom. The SMILES string of the molecule is CCN(CC)C(=O)C1=CC=C(C)N(C)C1(O)C=NOCc1ccccc1.Cl. The van der Waals surface area contributed by atoms with E-state index in [1.807, 2.05) is 57.2 Å². The van der Waals surface area contributed by atoms with E-state index in [0.29, 0.717) is 13.1 Å². The number of carbonyl (C=O) groups is 1. The van der Waals surface area contributed by atoms with Gasteiger partial charge in [-0.3, -0.25) is 4.79 Å². The number of allylic oxidation sites excluding steroid dienone is 3. The van der Waals surface area contributed by atoms with Gasteiger partial charge in [-0.1, -0.05) is 35.5 Å². The van der Waals surface area contributed by atoms with E-state index in [-0.39, 0.29) is 30.5 Å². The average molecular weight is 394 g/mol. The number of carbonyl (C=O) groups excluding carboxylic acids is 1. The van der Waals surface area contributed by atoms with Crippen molar-refractivity contribution >= 4 is 24.5 Å². The maximum atomic E-state index is 12.8. The van der Waals surface area contributed by atoms with Crippen LogP contribution in [-0.2, 0) is 16.2 Å². The molecule has 0 radical (unpaired) electrons. The molecule has 1 heterocycles. The van der Waals surface area contributed by atoms with Crippen molar-refractivity contribution in [1.29, 1.82) is 0 Å². The molecule has 1 unspecified atom stereocenters. The van der Waals surface area contributed by atoms with Crippen LogP contribution in [0.3, 0.4) is 0 Å². The van der Waals surface area contributed by atoms with Crippen molar-refractivity contribution in [3.05, 3.63) is 59.3 Å². The Hall–Kier alpha value is -2.31. The van der Waals surface area contributed by atoms with Crippen molar-refractivity contribution in [1.82, 2.24) is 9.80 Å². The molecule has 2 rings (SSSR count). The van der Waals surface area contributed by atoms with Crippen molar-refractivity contribution in [2.24, 2.45) is 5.16 Å². The highest BCUT2D eigenvalue weighted by Crippen LogP contribution is 2.29. The van der Waals surface area contributed by atoms with Crippen molar-refractivity contribution in [3.63, 3.8) is 0 Å². The van der Waals surface area contributed by atoms with Gasteiger partial charge >= 0.3 is 0 Å². The molecule has 0 saturated heterocycles. The Balaban J connectivity index is 0.00000364. The first kappa shape index (κ1) is 22.7. The number of oxime groups is 1. The average Bonchev–Trinajstić information content (AvgIpc) is 2.65. The third-order valence-electron chi connectivity index (χ3n) is 4.59. The summed E-state index contributed by atoms with van der Waals surface area (Å²) >= 11 is 0. The van der Waals surface area contributed by atoms with Gasteiger partial charge in [0.15, 0.2) is 0 Å². The summed E-state index contributed by atoms with van der Waals surface area (Å²) in [5.41, 5.74) is 0.383. The van der Waals surface area contributed by atoms with Crippen LogP contribution in [0.5, 0.6) is 0 Å². The second-order valence-electron chi connectivity index (χ2n) is 6.14. The lowest BCUT2D eigenvalue weighted by Gasteiger charge is -2.40. The molecule has 0 bridgehead atoms. The Labute approximate surface area is 167 Å². The number of hydrogen-bond donors (Lipinski definition) is 1. The topological polar surface area (TPSA) is 65.4 Å². The molecule has 1 aromatic carbocycles. The summed E-state index contributed by atoms with van der Waals surface area (Å²) in [5.74, 6) is -0.220. The molecule has 0 aromatic heterocycles. The molecule has 27 heavy (non-hydrogen) atoms. The standard InChI is InChI=1S/C20H27N3O3.ClH/c1-5-23(6-2)19(24)18-13-12-16(3)22(4)20(18,25)15-21-26-14-17-10-8-7-9-11-17;/h7-13,15,25H,5-6,14H2,1-4H3;1H. The zero-order valence-corrected chi connectivity index (χ0v) is 17.1. The highest BCUT2D eigenvalue weighted by molar-refractivity contribution is 6.01. The van der Waals surface area contributed by atoms with Crippen LogP contribution in [0, 0.1) is 0 Å². The lowest BCUT2D eigenvalue weighted by molar-refractivity contribution is -0.130. The molecule has 0 aliphatic carbocycles. The third-order valence-corrected chi connectivity index (χ3v) is 4.59. The number of aliphatic hydroxyl groups is 1. The molecule has 0 saturated carbocycles. The number of benzene rings is 1. The van der Waals surface area contributed by atoms with Crippen molar-refractivity contribution < 1.29 is 14.7 Å².